The summed E-state index contributed by atoms with van der Waals surface area (Å²) in [6.45, 7) is 1.80. The molecule has 1 saturated heterocycles. The number of nitrogens with one attached hydrogen (secondary N) is 1. The second-order valence-electron chi connectivity index (χ2n) is 6.39. The molecule has 0 aromatic heterocycles. The Morgan fingerprint density at radius 1 is 0.900 bits per heavy atom. The zero-order chi connectivity index (χ0) is 22.1. The fourth-order valence-electron chi connectivity index (χ4n) is 2.88. The number of benzene rings is 2. The average Bonchev–Trinajstić information content (AvgIpc) is 2.71. The molecule has 5 nitrogen and oxygen atoms in total. The summed E-state index contributed by atoms with van der Waals surface area (Å²) in [4.78, 5) is 20.3. The maximum atomic E-state index is 13.8. The van der Waals surface area contributed by atoms with Crippen molar-refractivity contribution < 1.29 is 33.0 Å². The highest BCUT2D eigenvalue weighted by atomic mass is 32.2. The molecule has 3 rings (SSSR count). The van der Waals surface area contributed by atoms with E-state index in [9.17, 15) is 22.8 Å². The van der Waals surface area contributed by atoms with Crippen molar-refractivity contribution in [3.63, 3.8) is 0 Å². The van der Waals surface area contributed by atoms with Crippen LogP contribution in [0.5, 0.6) is 0 Å². The molecular formula is C21H20F3NO4S. The molecule has 0 unspecified atom stereocenters. The highest BCUT2D eigenvalue weighted by Gasteiger charge is 2.20. The van der Waals surface area contributed by atoms with Crippen LogP contribution in [0.1, 0.15) is 24.3 Å². The van der Waals surface area contributed by atoms with Gasteiger partial charge in [-0.2, -0.15) is 0 Å². The quantitative estimate of drug-likeness (QED) is 0.598. The van der Waals surface area contributed by atoms with Gasteiger partial charge in [0, 0.05) is 28.0 Å². The van der Waals surface area contributed by atoms with Crippen LogP contribution in [0.15, 0.2) is 58.3 Å². The minimum absolute atomic E-state index is 0.267. The lowest BCUT2D eigenvalue weighted by Crippen LogP contribution is -2.26. The molecule has 160 valence electrons. The van der Waals surface area contributed by atoms with Crippen LogP contribution in [0.3, 0.4) is 0 Å². The van der Waals surface area contributed by atoms with Gasteiger partial charge in [0.25, 0.3) is 0 Å². The number of hydrogen-bond donors (Lipinski definition) is 3. The van der Waals surface area contributed by atoms with Gasteiger partial charge in [-0.1, -0.05) is 11.8 Å². The Bertz CT molecular complexity index is 914. The highest BCUT2D eigenvalue weighted by Crippen LogP contribution is 2.38. The molecule has 1 aliphatic rings. The normalized spacial score (nSPS) is 14.2. The molecule has 3 N–H and O–H groups in total. The zero-order valence-electron chi connectivity index (χ0n) is 15.8. The third-order valence-electron chi connectivity index (χ3n) is 4.23. The van der Waals surface area contributed by atoms with Crippen molar-refractivity contribution in [1.29, 1.82) is 0 Å². The molecule has 30 heavy (non-hydrogen) atoms. The molecule has 2 aromatic carbocycles. The van der Waals surface area contributed by atoms with Gasteiger partial charge in [-0.25, -0.2) is 22.8 Å². The molecule has 0 saturated carbocycles. The molecule has 0 atom stereocenters. The van der Waals surface area contributed by atoms with E-state index in [1.165, 1.54) is 30.0 Å². The molecule has 0 spiro atoms. The number of carboxylic acids is 2. The Morgan fingerprint density at radius 3 is 1.97 bits per heavy atom. The van der Waals surface area contributed by atoms with E-state index in [1.54, 1.807) is 12.1 Å². The molecule has 9 heteroatoms. The van der Waals surface area contributed by atoms with Crippen LogP contribution in [-0.2, 0) is 9.59 Å². The van der Waals surface area contributed by atoms with Crippen molar-refractivity contribution >= 4 is 23.7 Å². The van der Waals surface area contributed by atoms with E-state index in [1.807, 2.05) is 0 Å². The number of aliphatic carboxylic acids is 2. The number of hydrogen-bond acceptors (Lipinski definition) is 4. The zero-order valence-corrected chi connectivity index (χ0v) is 16.6. The first kappa shape index (κ1) is 23.5. The van der Waals surface area contributed by atoms with Gasteiger partial charge < -0.3 is 15.5 Å². The number of rotatable bonds is 5. The first-order chi connectivity index (χ1) is 14.3. The molecule has 0 bridgehead atoms. The second kappa shape index (κ2) is 11.4. The standard InChI is InChI=1S/C17H16F3NS.C4H4O4/c18-12-1-3-16(14(9-12)11-5-7-21-8-6-11)22-17-4-2-13(19)10-15(17)20;5-3(6)1-2-4(7)8/h1-4,9-11,21H,5-8H2;1-2H,(H,5,6)(H,7,8)/b;2-1+. The lowest BCUT2D eigenvalue weighted by molar-refractivity contribution is -0.134. The summed E-state index contributed by atoms with van der Waals surface area (Å²) in [5.74, 6) is -3.72. The molecular weight excluding hydrogens is 419 g/mol. The summed E-state index contributed by atoms with van der Waals surface area (Å²) in [7, 11) is 0. The Balaban J connectivity index is 0.000000343. The van der Waals surface area contributed by atoms with Crippen molar-refractivity contribution in [2.45, 2.75) is 28.6 Å². The number of carbonyl (C=O) groups is 2. The topological polar surface area (TPSA) is 86.6 Å². The Labute approximate surface area is 175 Å². The smallest absolute Gasteiger partial charge is 0.328 e. The Hall–Kier alpha value is -2.78. The van der Waals surface area contributed by atoms with E-state index >= 15 is 0 Å². The van der Waals surface area contributed by atoms with Gasteiger partial charge in [-0.05, 0) is 67.7 Å². The van der Waals surface area contributed by atoms with Gasteiger partial charge in [0.05, 0.1) is 0 Å². The maximum Gasteiger partial charge on any atom is 0.328 e. The number of carboxylic acid groups (broad SMARTS) is 2. The van der Waals surface area contributed by atoms with Crippen molar-refractivity contribution in [3.05, 3.63) is 71.6 Å². The van der Waals surface area contributed by atoms with Gasteiger partial charge in [-0.15, -0.1) is 0 Å². The number of halogens is 3. The van der Waals surface area contributed by atoms with Crippen LogP contribution in [0.25, 0.3) is 0 Å². The average molecular weight is 439 g/mol. The molecule has 0 aliphatic carbocycles. The van der Waals surface area contributed by atoms with E-state index in [0.717, 1.165) is 42.5 Å². The van der Waals surface area contributed by atoms with Crippen LogP contribution in [-0.4, -0.2) is 35.2 Å². The van der Waals surface area contributed by atoms with E-state index in [0.29, 0.717) is 17.0 Å². The second-order valence-corrected chi connectivity index (χ2v) is 7.48. The molecule has 1 aliphatic heterocycles. The van der Waals surface area contributed by atoms with E-state index in [-0.39, 0.29) is 11.7 Å². The molecule has 1 heterocycles. The summed E-state index contributed by atoms with van der Waals surface area (Å²) >= 11 is 1.22. The van der Waals surface area contributed by atoms with Crippen LogP contribution in [0.2, 0.25) is 0 Å². The van der Waals surface area contributed by atoms with E-state index in [4.69, 9.17) is 10.2 Å². The number of piperidine rings is 1. The summed E-state index contributed by atoms with van der Waals surface area (Å²) < 4.78 is 40.5. The predicted molar refractivity (Wildman–Crippen MR) is 106 cm³/mol. The largest absolute Gasteiger partial charge is 0.478 e. The van der Waals surface area contributed by atoms with Gasteiger partial charge >= 0.3 is 11.9 Å². The van der Waals surface area contributed by atoms with Gasteiger partial charge in [-0.3, -0.25) is 0 Å². The predicted octanol–water partition coefficient (Wildman–Crippen LogP) is 4.43. The van der Waals surface area contributed by atoms with E-state index in [2.05, 4.69) is 5.32 Å². The van der Waals surface area contributed by atoms with Gasteiger partial charge in [0.2, 0.25) is 0 Å². The summed E-state index contributed by atoms with van der Waals surface area (Å²) in [6, 6.07) is 8.13. The lowest BCUT2D eigenvalue weighted by atomic mass is 9.90. The Kier molecular flexibility index (Phi) is 8.94. The minimum atomic E-state index is -1.26. The maximum absolute atomic E-state index is 13.8. The van der Waals surface area contributed by atoms with Crippen molar-refractivity contribution in [2.75, 3.05) is 13.1 Å². The minimum Gasteiger partial charge on any atom is -0.478 e. The fraction of sp³-hybridized carbons (Fsp3) is 0.238. The SMILES string of the molecule is Fc1ccc(Sc2ccc(F)cc2C2CCNCC2)c(F)c1.O=C(O)/C=C/C(=O)O. The summed E-state index contributed by atoms with van der Waals surface area (Å²) in [5.41, 5.74) is 0.912. The fourth-order valence-corrected chi connectivity index (χ4v) is 3.89. The van der Waals surface area contributed by atoms with E-state index < -0.39 is 23.6 Å². The summed E-state index contributed by atoms with van der Waals surface area (Å²) in [5, 5.41) is 18.9. The molecule has 0 radical (unpaired) electrons. The monoisotopic (exact) mass is 439 g/mol. The molecule has 0 amide bonds. The van der Waals surface area contributed by atoms with Crippen LogP contribution < -0.4 is 5.32 Å². The van der Waals surface area contributed by atoms with Crippen molar-refractivity contribution in [2.24, 2.45) is 0 Å². The molecule has 2 aromatic rings. The van der Waals surface area contributed by atoms with Gasteiger partial charge in [0.15, 0.2) is 0 Å². The summed E-state index contributed by atoms with van der Waals surface area (Å²) in [6.07, 6.45) is 2.98. The van der Waals surface area contributed by atoms with Crippen molar-refractivity contribution in [3.8, 4) is 0 Å². The third-order valence-corrected chi connectivity index (χ3v) is 5.38. The first-order valence-electron chi connectivity index (χ1n) is 9.03. The Morgan fingerprint density at radius 2 is 1.43 bits per heavy atom. The van der Waals surface area contributed by atoms with Crippen LogP contribution in [0.4, 0.5) is 13.2 Å². The lowest BCUT2D eigenvalue weighted by Gasteiger charge is -2.25. The van der Waals surface area contributed by atoms with Crippen molar-refractivity contribution in [1.82, 2.24) is 5.32 Å². The van der Waals surface area contributed by atoms with Gasteiger partial charge in [0.1, 0.15) is 17.5 Å². The van der Waals surface area contributed by atoms with Crippen LogP contribution >= 0.6 is 11.8 Å². The first-order valence-corrected chi connectivity index (χ1v) is 9.85. The van der Waals surface area contributed by atoms with Crippen LogP contribution in [0, 0.1) is 17.5 Å². The highest BCUT2D eigenvalue weighted by molar-refractivity contribution is 7.99. The molecule has 1 fully saturated rings. The third kappa shape index (κ3) is 7.57.